The molecule has 28 heavy (non-hydrogen) atoms. The zero-order chi connectivity index (χ0) is 20.9. The summed E-state index contributed by atoms with van der Waals surface area (Å²) in [5.41, 5.74) is 0.431. The van der Waals surface area contributed by atoms with Gasteiger partial charge in [-0.2, -0.15) is 4.31 Å². The number of rotatable bonds is 8. The third-order valence-electron chi connectivity index (χ3n) is 3.93. The van der Waals surface area contributed by atoms with Crippen LogP contribution in [0.4, 0.5) is 5.69 Å². The highest BCUT2D eigenvalue weighted by atomic mass is 35.5. The lowest BCUT2D eigenvalue weighted by Gasteiger charge is -2.18. The molecule has 2 rings (SSSR count). The molecule has 1 N–H and O–H groups in total. The van der Waals surface area contributed by atoms with Crippen molar-refractivity contribution in [2.24, 2.45) is 0 Å². The SMILES string of the molecule is CCN(CC)S(=O)(=O)c1ccc(SC(C)C(=O)Nc2cccc(Cl)c2Cl)nc1. The van der Waals surface area contributed by atoms with Crippen LogP contribution >= 0.6 is 35.0 Å². The number of halogens is 2. The zero-order valence-electron chi connectivity index (χ0n) is 15.6. The highest BCUT2D eigenvalue weighted by molar-refractivity contribution is 8.00. The minimum atomic E-state index is -3.56. The summed E-state index contributed by atoms with van der Waals surface area (Å²) in [4.78, 5) is 16.7. The number of benzene rings is 1. The summed E-state index contributed by atoms with van der Waals surface area (Å²) in [6.07, 6.45) is 1.31. The van der Waals surface area contributed by atoms with Gasteiger partial charge in [0, 0.05) is 19.3 Å². The normalized spacial score (nSPS) is 12.8. The average Bonchev–Trinajstić information content (AvgIpc) is 2.66. The predicted molar refractivity (Wildman–Crippen MR) is 115 cm³/mol. The summed E-state index contributed by atoms with van der Waals surface area (Å²) < 4.78 is 26.3. The third-order valence-corrected chi connectivity index (χ3v) is 7.83. The van der Waals surface area contributed by atoms with Crippen LogP contribution in [0.1, 0.15) is 20.8 Å². The highest BCUT2D eigenvalue weighted by Crippen LogP contribution is 2.30. The van der Waals surface area contributed by atoms with E-state index < -0.39 is 15.3 Å². The zero-order valence-corrected chi connectivity index (χ0v) is 18.8. The fraction of sp³-hybridized carbons (Fsp3) is 0.333. The second-order valence-electron chi connectivity index (χ2n) is 5.77. The molecule has 1 heterocycles. The van der Waals surface area contributed by atoms with Gasteiger partial charge in [0.2, 0.25) is 15.9 Å². The van der Waals surface area contributed by atoms with Gasteiger partial charge in [-0.1, -0.05) is 54.9 Å². The molecule has 6 nitrogen and oxygen atoms in total. The van der Waals surface area contributed by atoms with E-state index >= 15 is 0 Å². The van der Waals surface area contributed by atoms with Gasteiger partial charge in [-0.25, -0.2) is 13.4 Å². The molecule has 2 aromatic rings. The number of carbonyl (C=O) groups is 1. The number of hydrogen-bond donors (Lipinski definition) is 1. The van der Waals surface area contributed by atoms with E-state index in [0.717, 1.165) is 0 Å². The summed E-state index contributed by atoms with van der Waals surface area (Å²) in [6.45, 7) is 6.06. The second-order valence-corrected chi connectivity index (χ2v) is 9.86. The fourth-order valence-electron chi connectivity index (χ4n) is 2.37. The minimum absolute atomic E-state index is 0.128. The number of nitrogens with zero attached hydrogens (tertiary/aromatic N) is 2. The largest absolute Gasteiger partial charge is 0.324 e. The van der Waals surface area contributed by atoms with Crippen molar-refractivity contribution in [2.75, 3.05) is 18.4 Å². The van der Waals surface area contributed by atoms with Gasteiger partial charge in [-0.05, 0) is 31.2 Å². The van der Waals surface area contributed by atoms with Crippen molar-refractivity contribution in [2.45, 2.75) is 35.9 Å². The number of pyridine rings is 1. The van der Waals surface area contributed by atoms with E-state index in [4.69, 9.17) is 23.2 Å². The van der Waals surface area contributed by atoms with Gasteiger partial charge in [0.1, 0.15) is 4.90 Å². The van der Waals surface area contributed by atoms with Crippen LogP contribution in [0, 0.1) is 0 Å². The lowest BCUT2D eigenvalue weighted by atomic mass is 10.3. The molecular formula is C18H21Cl2N3O3S2. The Morgan fingerprint density at radius 1 is 1.21 bits per heavy atom. The minimum Gasteiger partial charge on any atom is -0.324 e. The Kier molecular flexibility index (Phi) is 8.15. The Morgan fingerprint density at radius 2 is 1.89 bits per heavy atom. The van der Waals surface area contributed by atoms with Gasteiger partial charge in [0.15, 0.2) is 0 Å². The van der Waals surface area contributed by atoms with Crippen LogP contribution in [0.15, 0.2) is 46.5 Å². The smallest absolute Gasteiger partial charge is 0.244 e. The molecule has 0 bridgehead atoms. The van der Waals surface area contributed by atoms with Crippen LogP contribution < -0.4 is 5.32 Å². The number of aromatic nitrogens is 1. The number of amides is 1. The maximum Gasteiger partial charge on any atom is 0.244 e. The van der Waals surface area contributed by atoms with Gasteiger partial charge in [0.05, 0.1) is 26.0 Å². The van der Waals surface area contributed by atoms with Crippen LogP contribution in [-0.4, -0.2) is 42.0 Å². The third kappa shape index (κ3) is 5.39. The van der Waals surface area contributed by atoms with Gasteiger partial charge >= 0.3 is 0 Å². The number of sulfonamides is 1. The fourth-order valence-corrected chi connectivity index (χ4v) is 4.91. The number of carbonyl (C=O) groups excluding carboxylic acids is 1. The maximum atomic E-state index is 12.5. The van der Waals surface area contributed by atoms with Crippen molar-refractivity contribution < 1.29 is 13.2 Å². The first-order valence-corrected chi connectivity index (χ1v) is 11.7. The molecule has 0 aliphatic rings. The average molecular weight is 462 g/mol. The number of hydrogen-bond acceptors (Lipinski definition) is 5. The van der Waals surface area contributed by atoms with Crippen LogP contribution in [0.3, 0.4) is 0 Å². The Balaban J connectivity index is 2.07. The maximum absolute atomic E-state index is 12.5. The van der Waals surface area contributed by atoms with E-state index in [2.05, 4.69) is 10.3 Å². The van der Waals surface area contributed by atoms with E-state index in [-0.39, 0.29) is 15.8 Å². The summed E-state index contributed by atoms with van der Waals surface area (Å²) >= 11 is 13.2. The molecule has 10 heteroatoms. The molecular weight excluding hydrogens is 441 g/mol. The first kappa shape index (κ1) is 23.0. The summed E-state index contributed by atoms with van der Waals surface area (Å²) in [7, 11) is -3.56. The number of thioether (sulfide) groups is 1. The summed E-state index contributed by atoms with van der Waals surface area (Å²) in [5.74, 6) is -0.268. The summed E-state index contributed by atoms with van der Waals surface area (Å²) in [6, 6.07) is 8.08. The van der Waals surface area contributed by atoms with Crippen molar-refractivity contribution in [1.29, 1.82) is 0 Å². The van der Waals surface area contributed by atoms with Crippen molar-refractivity contribution >= 4 is 56.6 Å². The number of nitrogens with one attached hydrogen (secondary N) is 1. The first-order valence-electron chi connectivity index (χ1n) is 8.58. The monoisotopic (exact) mass is 461 g/mol. The van der Waals surface area contributed by atoms with Crippen molar-refractivity contribution in [3.05, 3.63) is 46.6 Å². The molecule has 0 aliphatic heterocycles. The van der Waals surface area contributed by atoms with Gasteiger partial charge in [-0.15, -0.1) is 0 Å². The lowest BCUT2D eigenvalue weighted by molar-refractivity contribution is -0.115. The molecule has 1 aromatic carbocycles. The number of anilines is 1. The molecule has 0 saturated heterocycles. The highest BCUT2D eigenvalue weighted by Gasteiger charge is 2.22. The molecule has 0 aliphatic carbocycles. The van der Waals surface area contributed by atoms with Gasteiger partial charge in [-0.3, -0.25) is 4.79 Å². The molecule has 0 saturated carbocycles. The predicted octanol–water partition coefficient (Wildman–Crippen LogP) is 4.54. The molecule has 1 amide bonds. The van der Waals surface area contributed by atoms with E-state index in [9.17, 15) is 13.2 Å². The van der Waals surface area contributed by atoms with Crippen molar-refractivity contribution in [3.8, 4) is 0 Å². The Hall–Kier alpha value is -1.32. The van der Waals surface area contributed by atoms with E-state index in [1.54, 1.807) is 45.0 Å². The van der Waals surface area contributed by atoms with Gasteiger partial charge in [0.25, 0.3) is 0 Å². The Morgan fingerprint density at radius 3 is 2.46 bits per heavy atom. The Labute approximate surface area is 179 Å². The van der Waals surface area contributed by atoms with Crippen molar-refractivity contribution in [3.63, 3.8) is 0 Å². The molecule has 1 aromatic heterocycles. The molecule has 152 valence electrons. The molecule has 1 atom stereocenters. The van der Waals surface area contributed by atoms with Crippen LogP contribution in [-0.2, 0) is 14.8 Å². The van der Waals surface area contributed by atoms with E-state index in [0.29, 0.717) is 28.8 Å². The molecule has 0 radical (unpaired) electrons. The second kappa shape index (κ2) is 9.93. The van der Waals surface area contributed by atoms with Crippen LogP contribution in [0.2, 0.25) is 10.0 Å². The lowest BCUT2D eigenvalue weighted by Crippen LogP contribution is -2.30. The van der Waals surface area contributed by atoms with E-state index in [1.165, 1.54) is 28.3 Å². The van der Waals surface area contributed by atoms with Gasteiger partial charge < -0.3 is 5.32 Å². The van der Waals surface area contributed by atoms with E-state index in [1.807, 2.05) is 0 Å². The van der Waals surface area contributed by atoms with Crippen molar-refractivity contribution in [1.82, 2.24) is 9.29 Å². The molecule has 1 unspecified atom stereocenters. The molecule has 0 spiro atoms. The molecule has 0 fully saturated rings. The summed E-state index contributed by atoms with van der Waals surface area (Å²) in [5, 5.41) is 3.42. The van der Waals surface area contributed by atoms with Crippen LogP contribution in [0.25, 0.3) is 0 Å². The standard InChI is InChI=1S/C18H21Cl2N3O3S2/c1-4-23(5-2)28(25,26)13-9-10-16(21-11-13)27-12(3)18(24)22-15-8-6-7-14(19)17(15)20/h6-12H,4-5H2,1-3H3,(H,22,24). The topological polar surface area (TPSA) is 79.4 Å². The first-order chi connectivity index (χ1) is 13.2. The van der Waals surface area contributed by atoms with Crippen LogP contribution in [0.5, 0.6) is 0 Å². The Bertz CT molecular complexity index is 934. The quantitative estimate of drug-likeness (QED) is 0.583.